The van der Waals surface area contributed by atoms with Crippen molar-refractivity contribution >= 4 is 16.9 Å². The van der Waals surface area contributed by atoms with Crippen molar-refractivity contribution in [2.45, 2.75) is 26.8 Å². The van der Waals surface area contributed by atoms with Crippen molar-refractivity contribution in [2.75, 3.05) is 0 Å². The van der Waals surface area contributed by atoms with Gasteiger partial charge in [-0.15, -0.1) is 0 Å². The van der Waals surface area contributed by atoms with E-state index in [1.54, 1.807) is 16.8 Å². The minimum absolute atomic E-state index is 0.187. The zero-order valence-electron chi connectivity index (χ0n) is 16.7. The van der Waals surface area contributed by atoms with E-state index in [1.807, 2.05) is 50.2 Å². The van der Waals surface area contributed by atoms with Crippen LogP contribution in [-0.4, -0.2) is 20.6 Å². The van der Waals surface area contributed by atoms with Crippen LogP contribution in [0.1, 0.15) is 22.4 Å². The molecule has 4 aromatic rings. The van der Waals surface area contributed by atoms with Crippen molar-refractivity contribution in [3.8, 4) is 11.6 Å². The van der Waals surface area contributed by atoms with Crippen LogP contribution in [0.25, 0.3) is 10.9 Å². The first-order valence-electron chi connectivity index (χ1n) is 9.60. The molecule has 0 radical (unpaired) electrons. The topological polar surface area (TPSA) is 64.4 Å². The van der Waals surface area contributed by atoms with Gasteiger partial charge in [0, 0.05) is 34.8 Å². The summed E-state index contributed by atoms with van der Waals surface area (Å²) in [5.74, 6) is -0.165. The van der Waals surface area contributed by atoms with Crippen LogP contribution in [0.5, 0.6) is 11.6 Å². The SMILES string of the molecule is Cc1ccc(Oc2ncccc2Cc2c(C)n(CC(=O)O)c3ccc(F)cc23)cc1. The fraction of sp³-hybridized carbons (Fsp3) is 0.167. The molecule has 0 fully saturated rings. The van der Waals surface area contributed by atoms with Crippen LogP contribution in [0, 0.1) is 19.7 Å². The number of carbonyl (C=O) groups is 1. The molecule has 2 aromatic carbocycles. The number of fused-ring (bicyclic) bond motifs is 1. The average Bonchev–Trinajstić information content (AvgIpc) is 2.96. The van der Waals surface area contributed by atoms with E-state index in [2.05, 4.69) is 4.98 Å². The van der Waals surface area contributed by atoms with Crippen molar-refractivity contribution in [3.05, 3.63) is 89.0 Å². The van der Waals surface area contributed by atoms with Gasteiger partial charge in [-0.25, -0.2) is 9.37 Å². The van der Waals surface area contributed by atoms with Gasteiger partial charge in [-0.1, -0.05) is 23.8 Å². The first kappa shape index (κ1) is 19.6. The number of halogens is 1. The normalized spacial score (nSPS) is 11.0. The van der Waals surface area contributed by atoms with Gasteiger partial charge in [-0.2, -0.15) is 0 Å². The van der Waals surface area contributed by atoms with E-state index in [1.165, 1.54) is 12.1 Å². The van der Waals surface area contributed by atoms with Gasteiger partial charge in [0.05, 0.1) is 0 Å². The highest BCUT2D eigenvalue weighted by Gasteiger charge is 2.18. The number of aryl methyl sites for hydroxylation is 1. The first-order chi connectivity index (χ1) is 14.4. The summed E-state index contributed by atoms with van der Waals surface area (Å²) in [5.41, 5.74) is 4.29. The van der Waals surface area contributed by atoms with E-state index >= 15 is 0 Å². The Balaban J connectivity index is 1.76. The summed E-state index contributed by atoms with van der Waals surface area (Å²) in [6.45, 7) is 3.67. The number of aromatic nitrogens is 2. The summed E-state index contributed by atoms with van der Waals surface area (Å²) in [7, 11) is 0. The van der Waals surface area contributed by atoms with Gasteiger partial charge in [0.25, 0.3) is 0 Å². The van der Waals surface area contributed by atoms with Crippen LogP contribution >= 0.6 is 0 Å². The second kappa shape index (κ2) is 7.99. The van der Waals surface area contributed by atoms with Crippen LogP contribution in [0.2, 0.25) is 0 Å². The molecule has 2 heterocycles. The summed E-state index contributed by atoms with van der Waals surface area (Å²) in [4.78, 5) is 15.7. The quantitative estimate of drug-likeness (QED) is 0.476. The van der Waals surface area contributed by atoms with Crippen LogP contribution < -0.4 is 4.74 Å². The molecule has 0 saturated heterocycles. The summed E-state index contributed by atoms with van der Waals surface area (Å²) < 4.78 is 21.7. The second-order valence-electron chi connectivity index (χ2n) is 7.26. The molecule has 0 aliphatic carbocycles. The van der Waals surface area contributed by atoms with Gasteiger partial charge in [0.2, 0.25) is 5.88 Å². The van der Waals surface area contributed by atoms with E-state index in [0.29, 0.717) is 29.0 Å². The summed E-state index contributed by atoms with van der Waals surface area (Å²) in [5, 5.41) is 10.0. The third-order valence-electron chi connectivity index (χ3n) is 5.16. The van der Waals surface area contributed by atoms with E-state index in [0.717, 1.165) is 22.4 Å². The second-order valence-corrected chi connectivity index (χ2v) is 7.26. The molecule has 0 spiro atoms. The van der Waals surface area contributed by atoms with E-state index in [-0.39, 0.29) is 12.4 Å². The molecule has 4 rings (SSSR count). The lowest BCUT2D eigenvalue weighted by Gasteiger charge is -2.11. The largest absolute Gasteiger partial charge is 0.480 e. The first-order valence-corrected chi connectivity index (χ1v) is 9.60. The lowest BCUT2D eigenvalue weighted by molar-refractivity contribution is -0.137. The van der Waals surface area contributed by atoms with E-state index in [9.17, 15) is 14.3 Å². The monoisotopic (exact) mass is 404 g/mol. The van der Waals surface area contributed by atoms with Gasteiger partial charge in [-0.05, 0) is 55.8 Å². The number of ether oxygens (including phenoxy) is 1. The van der Waals surface area contributed by atoms with Crippen LogP contribution in [0.4, 0.5) is 4.39 Å². The molecule has 0 atom stereocenters. The molecular formula is C24H21FN2O3. The predicted octanol–water partition coefficient (Wildman–Crippen LogP) is 5.26. The van der Waals surface area contributed by atoms with Crippen LogP contribution in [0.15, 0.2) is 60.8 Å². The molecule has 0 unspecified atom stereocenters. The smallest absolute Gasteiger partial charge is 0.323 e. The molecule has 1 N–H and O–H groups in total. The fourth-order valence-corrected chi connectivity index (χ4v) is 3.64. The molecular weight excluding hydrogens is 383 g/mol. The highest BCUT2D eigenvalue weighted by Crippen LogP contribution is 2.32. The van der Waals surface area contributed by atoms with Crippen molar-refractivity contribution < 1.29 is 19.0 Å². The molecule has 30 heavy (non-hydrogen) atoms. The molecule has 152 valence electrons. The standard InChI is InChI=1S/C24H21FN2O3/c1-15-5-8-19(9-6-15)30-24-17(4-3-11-26-24)12-20-16(2)27(14-23(28)29)22-10-7-18(25)13-21(20)22/h3-11,13H,12,14H2,1-2H3,(H,28,29). The Morgan fingerprint density at radius 3 is 2.63 bits per heavy atom. The highest BCUT2D eigenvalue weighted by molar-refractivity contribution is 5.87. The molecule has 0 saturated carbocycles. The third-order valence-corrected chi connectivity index (χ3v) is 5.16. The number of benzene rings is 2. The molecule has 5 nitrogen and oxygen atoms in total. The van der Waals surface area contributed by atoms with Crippen molar-refractivity contribution in [2.24, 2.45) is 0 Å². The number of hydrogen-bond donors (Lipinski definition) is 1. The summed E-state index contributed by atoms with van der Waals surface area (Å²) in [6.07, 6.45) is 2.10. The Labute approximate surface area is 173 Å². The fourth-order valence-electron chi connectivity index (χ4n) is 3.64. The number of carboxylic acid groups (broad SMARTS) is 1. The Morgan fingerprint density at radius 2 is 1.90 bits per heavy atom. The number of rotatable bonds is 6. The van der Waals surface area contributed by atoms with Gasteiger partial charge < -0.3 is 14.4 Å². The van der Waals surface area contributed by atoms with Gasteiger partial charge in [-0.3, -0.25) is 4.79 Å². The maximum absolute atomic E-state index is 14.0. The van der Waals surface area contributed by atoms with Gasteiger partial charge in [0.1, 0.15) is 18.1 Å². The zero-order chi connectivity index (χ0) is 21.3. The Hall–Kier alpha value is -3.67. The van der Waals surface area contributed by atoms with Crippen molar-refractivity contribution in [1.82, 2.24) is 9.55 Å². The Bertz CT molecular complexity index is 1230. The van der Waals surface area contributed by atoms with Crippen LogP contribution in [-0.2, 0) is 17.8 Å². The minimum atomic E-state index is -0.948. The molecule has 0 aliphatic rings. The van der Waals surface area contributed by atoms with Gasteiger partial charge in [0.15, 0.2) is 0 Å². The number of aliphatic carboxylic acids is 1. The molecule has 0 amide bonds. The van der Waals surface area contributed by atoms with Crippen molar-refractivity contribution in [3.63, 3.8) is 0 Å². The van der Waals surface area contributed by atoms with E-state index in [4.69, 9.17) is 4.74 Å². The maximum Gasteiger partial charge on any atom is 0.323 e. The number of pyridine rings is 1. The average molecular weight is 404 g/mol. The van der Waals surface area contributed by atoms with Crippen LogP contribution in [0.3, 0.4) is 0 Å². The molecule has 0 aliphatic heterocycles. The lowest BCUT2D eigenvalue weighted by Crippen LogP contribution is -2.10. The number of carboxylic acids is 1. The number of nitrogens with zero attached hydrogens (tertiary/aromatic N) is 2. The highest BCUT2D eigenvalue weighted by atomic mass is 19.1. The third kappa shape index (κ3) is 3.89. The van der Waals surface area contributed by atoms with E-state index < -0.39 is 5.97 Å². The summed E-state index contributed by atoms with van der Waals surface area (Å²) >= 11 is 0. The van der Waals surface area contributed by atoms with Gasteiger partial charge >= 0.3 is 5.97 Å². The maximum atomic E-state index is 14.0. The Morgan fingerprint density at radius 1 is 1.13 bits per heavy atom. The summed E-state index contributed by atoms with van der Waals surface area (Å²) in [6, 6.07) is 15.8. The molecule has 0 bridgehead atoms. The zero-order valence-corrected chi connectivity index (χ0v) is 16.7. The minimum Gasteiger partial charge on any atom is -0.480 e. The Kier molecular flexibility index (Phi) is 5.23. The number of hydrogen-bond acceptors (Lipinski definition) is 3. The predicted molar refractivity (Wildman–Crippen MR) is 113 cm³/mol. The van der Waals surface area contributed by atoms with Crippen molar-refractivity contribution in [1.29, 1.82) is 0 Å². The molecule has 2 aromatic heterocycles. The molecule has 6 heteroatoms. The lowest BCUT2D eigenvalue weighted by atomic mass is 10.0.